The van der Waals surface area contributed by atoms with E-state index in [1.165, 1.54) is 60.0 Å². The summed E-state index contributed by atoms with van der Waals surface area (Å²) < 4.78 is 61.0. The summed E-state index contributed by atoms with van der Waals surface area (Å²) in [5.74, 6) is -0.0411. The van der Waals surface area contributed by atoms with E-state index in [-0.39, 0.29) is 22.4 Å². The molecule has 12 nitrogen and oxygen atoms in total. The summed E-state index contributed by atoms with van der Waals surface area (Å²) >= 11 is 0. The lowest BCUT2D eigenvalue weighted by atomic mass is 10.0. The number of hydroxylamine groups is 1. The van der Waals surface area contributed by atoms with Crippen molar-refractivity contribution in [2.24, 2.45) is 10.9 Å². The molecular formula is C27H39N5O7S2. The fourth-order valence-corrected chi connectivity index (χ4v) is 8.24. The molecule has 2 aliphatic heterocycles. The Morgan fingerprint density at radius 3 is 2.32 bits per heavy atom. The number of piperidine rings is 2. The Balaban J connectivity index is 1.49. The third-order valence-corrected chi connectivity index (χ3v) is 10.4. The lowest BCUT2D eigenvalue weighted by Gasteiger charge is -2.39. The van der Waals surface area contributed by atoms with E-state index in [4.69, 9.17) is 19.6 Å². The van der Waals surface area contributed by atoms with Gasteiger partial charge in [0.25, 0.3) is 5.96 Å². The van der Waals surface area contributed by atoms with Crippen LogP contribution < -0.4 is 20.2 Å². The van der Waals surface area contributed by atoms with Gasteiger partial charge in [0, 0.05) is 25.2 Å². The standard InChI is InChI=1S/C27H39N5O7S2/c1-3-17-37-29-27(28)30-38-23-18-21(2)19-24(20-23)39-41(35,36)26-10-6-5-9-25(26)40(33,34)32-15-11-22(12-16-32)31-13-7-4-8-14-31/h5-6,9-10,18-20,22H,3-4,7-8,11-17H2,1-2H3,(H3,28,29,30). The van der Waals surface area contributed by atoms with Crippen LogP contribution in [0.2, 0.25) is 0 Å². The van der Waals surface area contributed by atoms with Crippen LogP contribution in [0.5, 0.6) is 11.5 Å². The first-order valence-corrected chi connectivity index (χ1v) is 16.7. The average Bonchev–Trinajstić information content (AvgIpc) is 2.96. The number of sulfonamides is 1. The molecule has 0 bridgehead atoms. The second kappa shape index (κ2) is 13.8. The summed E-state index contributed by atoms with van der Waals surface area (Å²) in [6.45, 7) is 6.83. The van der Waals surface area contributed by atoms with E-state index in [2.05, 4.69) is 15.5 Å². The molecule has 0 spiro atoms. The van der Waals surface area contributed by atoms with Crippen molar-refractivity contribution < 1.29 is 30.7 Å². The van der Waals surface area contributed by atoms with Crippen LogP contribution in [0.1, 0.15) is 51.0 Å². The van der Waals surface area contributed by atoms with E-state index in [1.807, 2.05) is 6.92 Å². The summed E-state index contributed by atoms with van der Waals surface area (Å²) in [5, 5.41) is 3.70. The highest BCUT2D eigenvalue weighted by atomic mass is 32.2. The van der Waals surface area contributed by atoms with Crippen molar-refractivity contribution in [3.8, 4) is 11.5 Å². The number of nitrogens with one attached hydrogen (secondary N) is 1. The summed E-state index contributed by atoms with van der Waals surface area (Å²) in [6, 6.07) is 10.3. The largest absolute Gasteiger partial charge is 0.379 e. The van der Waals surface area contributed by atoms with Crippen molar-refractivity contribution in [3.05, 3.63) is 48.0 Å². The van der Waals surface area contributed by atoms with E-state index in [0.29, 0.717) is 44.1 Å². The van der Waals surface area contributed by atoms with Crippen LogP contribution in [0.3, 0.4) is 0 Å². The maximum Gasteiger partial charge on any atom is 0.340 e. The minimum atomic E-state index is -4.54. The van der Waals surface area contributed by atoms with Gasteiger partial charge in [0.05, 0.1) is 6.61 Å². The fraction of sp³-hybridized carbons (Fsp3) is 0.519. The summed E-state index contributed by atoms with van der Waals surface area (Å²) in [4.78, 5) is 12.1. The van der Waals surface area contributed by atoms with Crippen molar-refractivity contribution in [2.45, 2.75) is 68.2 Å². The van der Waals surface area contributed by atoms with E-state index in [0.717, 1.165) is 19.5 Å². The smallest absolute Gasteiger partial charge is 0.340 e. The first-order valence-electron chi connectivity index (χ1n) is 13.9. The fourth-order valence-electron chi connectivity index (χ4n) is 5.07. The molecule has 3 N–H and O–H groups in total. The highest BCUT2D eigenvalue weighted by Crippen LogP contribution is 2.31. The van der Waals surface area contributed by atoms with Crippen LogP contribution in [0.4, 0.5) is 0 Å². The summed E-state index contributed by atoms with van der Waals surface area (Å²) in [6.07, 6.45) is 5.78. The second-order valence-corrected chi connectivity index (χ2v) is 13.6. The molecule has 0 radical (unpaired) electrons. The quantitative estimate of drug-likeness (QED) is 0.128. The Bertz CT molecular complexity index is 1420. The highest BCUT2D eigenvalue weighted by molar-refractivity contribution is 7.91. The van der Waals surface area contributed by atoms with Crippen LogP contribution in [0.15, 0.2) is 57.4 Å². The Labute approximate surface area is 242 Å². The minimum Gasteiger partial charge on any atom is -0.379 e. The molecule has 2 aromatic carbocycles. The molecule has 2 aliphatic rings. The molecule has 2 aromatic rings. The highest BCUT2D eigenvalue weighted by Gasteiger charge is 2.36. The number of guanidine groups is 1. The maximum atomic E-state index is 13.7. The topological polar surface area (TPSA) is 153 Å². The lowest BCUT2D eigenvalue weighted by Crippen LogP contribution is -2.48. The Kier molecular flexibility index (Phi) is 10.5. The van der Waals surface area contributed by atoms with Gasteiger partial charge in [-0.2, -0.15) is 12.7 Å². The number of aryl methyl sites for hydroxylation is 1. The number of nitrogens with zero attached hydrogens (tertiary/aromatic N) is 3. The Hall–Kier alpha value is -2.91. The summed E-state index contributed by atoms with van der Waals surface area (Å²) in [7, 11) is -8.62. The minimum absolute atomic E-state index is 0.0708. The molecule has 0 amide bonds. The molecule has 41 heavy (non-hydrogen) atoms. The lowest BCUT2D eigenvalue weighted by molar-refractivity contribution is 0.0824. The van der Waals surface area contributed by atoms with Crippen LogP contribution in [-0.4, -0.2) is 70.8 Å². The van der Waals surface area contributed by atoms with Gasteiger partial charge in [-0.25, -0.2) is 13.9 Å². The van der Waals surface area contributed by atoms with Gasteiger partial charge in [0.2, 0.25) is 10.0 Å². The van der Waals surface area contributed by atoms with Crippen LogP contribution in [0.25, 0.3) is 0 Å². The number of hydrogen-bond donors (Lipinski definition) is 2. The van der Waals surface area contributed by atoms with Gasteiger partial charge in [-0.3, -0.25) is 4.84 Å². The molecule has 2 heterocycles. The molecule has 2 saturated heterocycles. The number of nitrogens with two attached hydrogens (primary N) is 1. The normalized spacial score (nSPS) is 18.2. The van der Waals surface area contributed by atoms with Crippen LogP contribution in [-0.2, 0) is 25.0 Å². The number of rotatable bonds is 11. The number of hydrogen-bond acceptors (Lipinski definition) is 9. The van der Waals surface area contributed by atoms with Gasteiger partial charge in [-0.1, -0.05) is 25.5 Å². The van der Waals surface area contributed by atoms with E-state index in [1.54, 1.807) is 13.0 Å². The first kappa shape index (κ1) is 31.0. The van der Waals surface area contributed by atoms with Crippen molar-refractivity contribution in [1.29, 1.82) is 0 Å². The zero-order valence-corrected chi connectivity index (χ0v) is 25.1. The second-order valence-electron chi connectivity index (χ2n) is 10.2. The van der Waals surface area contributed by atoms with Gasteiger partial charge in [-0.15, -0.1) is 0 Å². The van der Waals surface area contributed by atoms with Gasteiger partial charge in [-0.05, 0) is 87.1 Å². The Morgan fingerprint density at radius 1 is 0.976 bits per heavy atom. The third-order valence-electron chi connectivity index (χ3n) is 7.03. The predicted molar refractivity (Wildman–Crippen MR) is 154 cm³/mol. The zero-order valence-electron chi connectivity index (χ0n) is 23.5. The van der Waals surface area contributed by atoms with Crippen molar-refractivity contribution in [2.75, 3.05) is 32.8 Å². The van der Waals surface area contributed by atoms with Crippen LogP contribution >= 0.6 is 0 Å². The number of likely N-dealkylation sites (tertiary alicyclic amines) is 1. The van der Waals surface area contributed by atoms with Gasteiger partial charge in [0.15, 0.2) is 5.75 Å². The molecule has 0 atom stereocenters. The van der Waals surface area contributed by atoms with E-state index >= 15 is 0 Å². The zero-order chi connectivity index (χ0) is 29.5. The molecule has 226 valence electrons. The third kappa shape index (κ3) is 8.10. The molecule has 0 unspecified atom stereocenters. The molecule has 0 aromatic heterocycles. The molecule has 14 heteroatoms. The van der Waals surface area contributed by atoms with Gasteiger partial charge in [0.1, 0.15) is 15.5 Å². The van der Waals surface area contributed by atoms with Crippen molar-refractivity contribution in [1.82, 2.24) is 14.7 Å². The number of oxime groups is 1. The SMILES string of the molecule is CCCONC(N)=NOc1cc(C)cc(OS(=O)(=O)c2ccccc2S(=O)(=O)N2CCC(N3CCCCC3)CC2)c1. The van der Waals surface area contributed by atoms with Crippen molar-refractivity contribution >= 4 is 26.1 Å². The molecular weight excluding hydrogens is 570 g/mol. The summed E-state index contributed by atoms with van der Waals surface area (Å²) in [5.41, 5.74) is 8.72. The van der Waals surface area contributed by atoms with E-state index in [9.17, 15) is 16.8 Å². The average molecular weight is 610 g/mol. The van der Waals surface area contributed by atoms with Crippen LogP contribution in [0, 0.1) is 6.92 Å². The Morgan fingerprint density at radius 2 is 1.63 bits per heavy atom. The first-order chi connectivity index (χ1) is 19.6. The predicted octanol–water partition coefficient (Wildman–Crippen LogP) is 2.94. The van der Waals surface area contributed by atoms with E-state index < -0.39 is 25.0 Å². The molecule has 0 saturated carbocycles. The molecule has 0 aliphatic carbocycles. The molecule has 2 fully saturated rings. The van der Waals surface area contributed by atoms with Gasteiger partial charge < -0.3 is 19.7 Å². The molecule has 4 rings (SSSR count). The number of benzene rings is 2. The van der Waals surface area contributed by atoms with Crippen molar-refractivity contribution in [3.63, 3.8) is 0 Å². The monoisotopic (exact) mass is 609 g/mol. The van der Waals surface area contributed by atoms with Gasteiger partial charge >= 0.3 is 10.1 Å². The maximum absolute atomic E-state index is 13.7.